The van der Waals surface area contributed by atoms with Crippen molar-refractivity contribution >= 4 is 44.7 Å². The first-order valence-electron chi connectivity index (χ1n) is 5.88. The van der Waals surface area contributed by atoms with Gasteiger partial charge in [0.2, 0.25) is 0 Å². The topological polar surface area (TPSA) is 63.2 Å². The largest absolute Gasteiger partial charge is 0.295 e. The van der Waals surface area contributed by atoms with Gasteiger partial charge in [-0.1, -0.05) is 23.2 Å². The molecule has 2 aromatic carbocycles. The smallest absolute Gasteiger partial charge is 0.261 e. The molecule has 0 aliphatic heterocycles. The minimum absolute atomic E-state index is 0.00699. The molecule has 0 spiro atoms. The van der Waals surface area contributed by atoms with E-state index in [1.807, 2.05) is 0 Å². The number of sulfonamides is 1. The van der Waals surface area contributed by atoms with Crippen LogP contribution in [0, 0.1) is 0 Å². The first kappa shape index (κ1) is 15.8. The zero-order valence-corrected chi connectivity index (χ0v) is 13.3. The molecule has 4 nitrogen and oxygen atoms in total. The Balaban J connectivity index is 2.28. The molecule has 0 aliphatic rings. The Morgan fingerprint density at radius 1 is 1.00 bits per heavy atom. The Morgan fingerprint density at radius 3 is 2.14 bits per heavy atom. The molecule has 21 heavy (non-hydrogen) atoms. The number of hydrogen-bond donors (Lipinski definition) is 1. The van der Waals surface area contributed by atoms with E-state index in [-0.39, 0.29) is 20.7 Å². The third-order valence-electron chi connectivity index (χ3n) is 2.75. The number of rotatable bonds is 4. The molecule has 2 rings (SSSR count). The van der Waals surface area contributed by atoms with E-state index >= 15 is 0 Å². The first-order chi connectivity index (χ1) is 9.79. The quantitative estimate of drug-likeness (QED) is 0.853. The third kappa shape index (κ3) is 3.75. The lowest BCUT2D eigenvalue weighted by Gasteiger charge is -2.09. The minimum Gasteiger partial charge on any atom is -0.295 e. The average Bonchev–Trinajstić information content (AvgIpc) is 2.42. The van der Waals surface area contributed by atoms with Crippen LogP contribution < -0.4 is 4.72 Å². The number of anilines is 1. The van der Waals surface area contributed by atoms with Gasteiger partial charge in [0.1, 0.15) is 0 Å². The molecule has 1 N–H and O–H groups in total. The third-order valence-corrected chi connectivity index (χ3v) is 4.86. The van der Waals surface area contributed by atoms with Crippen molar-refractivity contribution in [3.05, 3.63) is 58.1 Å². The van der Waals surface area contributed by atoms with Gasteiger partial charge in [-0.2, -0.15) is 0 Å². The molecule has 0 saturated heterocycles. The van der Waals surface area contributed by atoms with Gasteiger partial charge >= 0.3 is 0 Å². The molecular weight excluding hydrogens is 333 g/mol. The molecule has 0 fully saturated rings. The van der Waals surface area contributed by atoms with Crippen LogP contribution in [0.2, 0.25) is 10.0 Å². The summed E-state index contributed by atoms with van der Waals surface area (Å²) >= 11 is 11.6. The fourth-order valence-corrected chi connectivity index (χ4v) is 3.08. The molecule has 0 aromatic heterocycles. The molecule has 0 aliphatic carbocycles. The summed E-state index contributed by atoms with van der Waals surface area (Å²) in [5.74, 6) is -0.0890. The maximum Gasteiger partial charge on any atom is 0.261 e. The van der Waals surface area contributed by atoms with Crippen molar-refractivity contribution in [2.45, 2.75) is 11.8 Å². The van der Waals surface area contributed by atoms with Crippen LogP contribution in [-0.4, -0.2) is 14.2 Å². The molecule has 0 unspecified atom stereocenters. The van der Waals surface area contributed by atoms with E-state index in [4.69, 9.17) is 23.2 Å². The van der Waals surface area contributed by atoms with E-state index < -0.39 is 10.0 Å². The number of ketones is 1. The van der Waals surface area contributed by atoms with Crippen LogP contribution in [0.4, 0.5) is 5.69 Å². The van der Waals surface area contributed by atoms with Crippen LogP contribution in [0.25, 0.3) is 0 Å². The molecule has 0 heterocycles. The monoisotopic (exact) mass is 343 g/mol. The van der Waals surface area contributed by atoms with E-state index in [0.717, 1.165) is 0 Å². The van der Waals surface area contributed by atoms with Gasteiger partial charge in [-0.15, -0.1) is 0 Å². The maximum atomic E-state index is 12.2. The SMILES string of the molecule is CC(=O)c1ccc(NS(=O)(=O)c2ccc(Cl)c(Cl)c2)cc1. The number of carbonyl (C=O) groups excluding carboxylic acids is 1. The normalized spacial score (nSPS) is 11.2. The predicted octanol–water partition coefficient (Wildman–Crippen LogP) is 4.00. The Kier molecular flexibility index (Phi) is 4.56. The van der Waals surface area contributed by atoms with Crippen molar-refractivity contribution in [2.24, 2.45) is 0 Å². The molecule has 110 valence electrons. The zero-order chi connectivity index (χ0) is 15.6. The summed E-state index contributed by atoms with van der Waals surface area (Å²) < 4.78 is 26.8. The second-order valence-corrected chi connectivity index (χ2v) is 6.81. The van der Waals surface area contributed by atoms with Gasteiger partial charge in [-0.05, 0) is 49.4 Å². The highest BCUT2D eigenvalue weighted by molar-refractivity contribution is 7.92. The first-order valence-corrected chi connectivity index (χ1v) is 8.12. The van der Waals surface area contributed by atoms with Crippen molar-refractivity contribution in [1.82, 2.24) is 0 Å². The molecular formula is C14H11Cl2NO3S. The van der Waals surface area contributed by atoms with Crippen LogP contribution in [0.1, 0.15) is 17.3 Å². The Labute approximate surface area is 132 Å². The van der Waals surface area contributed by atoms with Gasteiger partial charge in [-0.3, -0.25) is 9.52 Å². The molecule has 0 amide bonds. The predicted molar refractivity (Wildman–Crippen MR) is 83.7 cm³/mol. The number of hydrogen-bond acceptors (Lipinski definition) is 3. The Morgan fingerprint density at radius 2 is 1.62 bits per heavy atom. The summed E-state index contributed by atoms with van der Waals surface area (Å²) in [4.78, 5) is 11.2. The van der Waals surface area contributed by atoms with Crippen molar-refractivity contribution in [3.8, 4) is 0 Å². The number of halogens is 2. The van der Waals surface area contributed by atoms with Crippen molar-refractivity contribution < 1.29 is 13.2 Å². The van der Waals surface area contributed by atoms with Gasteiger partial charge in [0.15, 0.2) is 5.78 Å². The number of nitrogens with one attached hydrogen (secondary N) is 1. The second kappa shape index (κ2) is 6.05. The zero-order valence-electron chi connectivity index (χ0n) is 10.9. The number of carbonyl (C=O) groups is 1. The Bertz CT molecular complexity index is 786. The number of benzene rings is 2. The second-order valence-electron chi connectivity index (χ2n) is 4.31. The molecule has 0 bridgehead atoms. The van der Waals surface area contributed by atoms with Gasteiger partial charge in [0.05, 0.1) is 14.9 Å². The lowest BCUT2D eigenvalue weighted by molar-refractivity contribution is 0.101. The summed E-state index contributed by atoms with van der Waals surface area (Å²) in [6.45, 7) is 1.44. The van der Waals surface area contributed by atoms with Gasteiger partial charge < -0.3 is 0 Å². The minimum atomic E-state index is -3.76. The summed E-state index contributed by atoms with van der Waals surface area (Å²) in [6, 6.07) is 10.2. The lowest BCUT2D eigenvalue weighted by atomic mass is 10.1. The molecule has 0 radical (unpaired) electrons. The standard InChI is InChI=1S/C14H11Cl2NO3S/c1-9(18)10-2-4-11(5-3-10)17-21(19,20)12-6-7-13(15)14(16)8-12/h2-8,17H,1H3. The van der Waals surface area contributed by atoms with Crippen LogP contribution >= 0.6 is 23.2 Å². The molecule has 2 aromatic rings. The Hall–Kier alpha value is -1.56. The summed E-state index contributed by atoms with van der Waals surface area (Å²) in [6.07, 6.45) is 0. The highest BCUT2D eigenvalue weighted by Crippen LogP contribution is 2.26. The van der Waals surface area contributed by atoms with E-state index in [9.17, 15) is 13.2 Å². The summed E-state index contributed by atoms with van der Waals surface area (Å²) in [5.41, 5.74) is 0.860. The molecule has 7 heteroatoms. The van der Waals surface area contributed by atoms with Crippen LogP contribution in [-0.2, 0) is 10.0 Å². The number of Topliss-reactive ketones (excluding diaryl/α,β-unsaturated/α-hetero) is 1. The van der Waals surface area contributed by atoms with Crippen LogP contribution in [0.3, 0.4) is 0 Å². The van der Waals surface area contributed by atoms with Crippen LogP contribution in [0.15, 0.2) is 47.4 Å². The van der Waals surface area contributed by atoms with Crippen molar-refractivity contribution in [3.63, 3.8) is 0 Å². The van der Waals surface area contributed by atoms with Crippen LogP contribution in [0.5, 0.6) is 0 Å². The lowest BCUT2D eigenvalue weighted by Crippen LogP contribution is -2.13. The fraction of sp³-hybridized carbons (Fsp3) is 0.0714. The average molecular weight is 344 g/mol. The van der Waals surface area contributed by atoms with Crippen molar-refractivity contribution in [2.75, 3.05) is 4.72 Å². The molecule has 0 saturated carbocycles. The van der Waals surface area contributed by atoms with Gasteiger partial charge in [0.25, 0.3) is 10.0 Å². The van der Waals surface area contributed by atoms with E-state index in [1.54, 1.807) is 12.1 Å². The van der Waals surface area contributed by atoms with E-state index in [0.29, 0.717) is 11.3 Å². The summed E-state index contributed by atoms with van der Waals surface area (Å²) in [7, 11) is -3.76. The highest BCUT2D eigenvalue weighted by atomic mass is 35.5. The fourth-order valence-electron chi connectivity index (χ4n) is 1.63. The van der Waals surface area contributed by atoms with E-state index in [2.05, 4.69) is 4.72 Å². The summed E-state index contributed by atoms with van der Waals surface area (Å²) in [5, 5.41) is 0.438. The van der Waals surface area contributed by atoms with Gasteiger partial charge in [0, 0.05) is 11.3 Å². The highest BCUT2D eigenvalue weighted by Gasteiger charge is 2.15. The van der Waals surface area contributed by atoms with Crippen molar-refractivity contribution in [1.29, 1.82) is 0 Å². The van der Waals surface area contributed by atoms with E-state index in [1.165, 1.54) is 37.3 Å². The molecule has 0 atom stereocenters. The van der Waals surface area contributed by atoms with Gasteiger partial charge in [-0.25, -0.2) is 8.42 Å². The maximum absolute atomic E-state index is 12.2.